The number of ether oxygens (including phenoxy) is 5. The van der Waals surface area contributed by atoms with E-state index in [0.717, 1.165) is 6.29 Å². The van der Waals surface area contributed by atoms with E-state index in [1.54, 1.807) is 50.4 Å². The van der Waals surface area contributed by atoms with Gasteiger partial charge in [0.1, 0.15) is 35.3 Å². The van der Waals surface area contributed by atoms with Gasteiger partial charge in [-0.2, -0.15) is 0 Å². The lowest BCUT2D eigenvalue weighted by atomic mass is 10.0. The summed E-state index contributed by atoms with van der Waals surface area (Å²) in [6.45, 7) is 12.4. The van der Waals surface area contributed by atoms with Crippen LogP contribution in [0, 0.1) is 5.92 Å². The minimum absolute atomic E-state index is 0.0417. The van der Waals surface area contributed by atoms with Gasteiger partial charge in [-0.15, -0.1) is 13.2 Å². The van der Waals surface area contributed by atoms with Gasteiger partial charge in [0.05, 0.1) is 32.1 Å². The van der Waals surface area contributed by atoms with Crippen LogP contribution >= 0.6 is 11.6 Å². The summed E-state index contributed by atoms with van der Waals surface area (Å²) in [7, 11) is 4.64. The molecule has 0 radical (unpaired) electrons. The highest BCUT2D eigenvalue weighted by molar-refractivity contribution is 6.30. The topological polar surface area (TPSA) is 95.6 Å². The molecule has 1 heterocycles. The summed E-state index contributed by atoms with van der Waals surface area (Å²) in [4.78, 5) is 26.6. The molecule has 0 aromatic heterocycles. The molecule has 2 unspecified atom stereocenters. The number of amides is 1. The molecule has 0 saturated carbocycles. The molecule has 2 atom stereocenters. The Bertz CT molecular complexity index is 1550. The summed E-state index contributed by atoms with van der Waals surface area (Å²) in [5.41, 5.74) is 1.99. The van der Waals surface area contributed by atoms with Crippen molar-refractivity contribution < 1.29 is 46.4 Å². The van der Waals surface area contributed by atoms with Gasteiger partial charge < -0.3 is 38.7 Å². The fraction of sp³-hybridized carbons (Fsp3) is 0.459. The van der Waals surface area contributed by atoms with Gasteiger partial charge in [-0.25, -0.2) is 0 Å². The maximum atomic E-state index is 14.2. The Hall–Kier alpha value is -4.16. The number of halogens is 4. The van der Waals surface area contributed by atoms with Gasteiger partial charge in [0.25, 0.3) is 5.91 Å². The van der Waals surface area contributed by atoms with Crippen molar-refractivity contribution in [2.45, 2.75) is 72.4 Å². The predicted molar refractivity (Wildman–Crippen MR) is 190 cm³/mol. The van der Waals surface area contributed by atoms with Crippen molar-refractivity contribution in [3.63, 3.8) is 0 Å². The molecule has 0 fully saturated rings. The largest absolute Gasteiger partial charge is 0.573 e. The first-order chi connectivity index (χ1) is 23.6. The average molecular weight is 725 g/mol. The van der Waals surface area contributed by atoms with Gasteiger partial charge in [0, 0.05) is 60.1 Å². The second kappa shape index (κ2) is 19.3. The molecule has 0 saturated heterocycles. The number of methoxy groups -OCH3 is 3. The lowest BCUT2D eigenvalue weighted by molar-refractivity contribution is -0.274. The standard InChI is InChI=1S/C30H30ClF3N2O6.C5H12O.C2H6/c1-18(17-37)9-11-41-24-14-21(13-23(15-24)39-2)35-28(25-7-5-20(31)12-27(25)40-3)29(38)36-10-8-19-4-6-22(16-26(19)36)42-30(32,33)34;1-5(2,3)6-4;1-2/h4-7,12-18,28,35H,8-11H2,1-3H3;1-4H3;1-2H3. The molecule has 1 amide bonds. The number of anilines is 2. The van der Waals surface area contributed by atoms with Crippen LogP contribution in [-0.4, -0.2) is 58.6 Å². The van der Waals surface area contributed by atoms with Crippen LogP contribution in [0.1, 0.15) is 65.1 Å². The number of hydrogen-bond acceptors (Lipinski definition) is 8. The fourth-order valence-electron chi connectivity index (χ4n) is 4.59. The summed E-state index contributed by atoms with van der Waals surface area (Å²) in [6, 6.07) is 12.8. The minimum atomic E-state index is -4.88. The summed E-state index contributed by atoms with van der Waals surface area (Å²) >= 11 is 6.19. The average Bonchev–Trinajstić information content (AvgIpc) is 3.50. The highest BCUT2D eigenvalue weighted by atomic mass is 35.5. The third kappa shape index (κ3) is 12.9. The molecule has 13 heteroatoms. The number of aldehydes is 1. The van der Waals surface area contributed by atoms with Gasteiger partial charge >= 0.3 is 6.36 Å². The molecule has 0 aliphatic carbocycles. The molecule has 9 nitrogen and oxygen atoms in total. The molecule has 1 aliphatic rings. The smallest absolute Gasteiger partial charge is 0.497 e. The van der Waals surface area contributed by atoms with Crippen molar-refractivity contribution in [3.05, 3.63) is 70.7 Å². The monoisotopic (exact) mass is 724 g/mol. The van der Waals surface area contributed by atoms with E-state index >= 15 is 0 Å². The molecular weight excluding hydrogens is 677 g/mol. The molecule has 1 N–H and O–H groups in total. The van der Waals surface area contributed by atoms with Gasteiger partial charge in [-0.1, -0.05) is 44.5 Å². The SMILES string of the molecule is CC.COC(C)(C)C.COc1cc(NC(C(=O)N2CCc3ccc(OC(F)(F)F)cc32)c2ccc(Cl)cc2OC)cc(OCCC(C)C=O)c1. The van der Waals surface area contributed by atoms with E-state index in [4.69, 9.17) is 30.5 Å². The van der Waals surface area contributed by atoms with E-state index in [2.05, 4.69) is 10.1 Å². The maximum Gasteiger partial charge on any atom is 0.573 e. The van der Waals surface area contributed by atoms with Gasteiger partial charge in [0.15, 0.2) is 0 Å². The number of carbonyl (C=O) groups is 2. The molecule has 276 valence electrons. The molecule has 0 spiro atoms. The molecule has 3 aromatic carbocycles. The Morgan fingerprint density at radius 3 is 2.20 bits per heavy atom. The lowest BCUT2D eigenvalue weighted by Crippen LogP contribution is -2.37. The van der Waals surface area contributed by atoms with Crippen molar-refractivity contribution in [2.24, 2.45) is 5.92 Å². The number of fused-ring (bicyclic) bond motifs is 1. The first-order valence-corrected chi connectivity index (χ1v) is 16.6. The quantitative estimate of drug-likeness (QED) is 0.185. The van der Waals surface area contributed by atoms with E-state index in [9.17, 15) is 22.8 Å². The molecule has 4 rings (SSSR count). The van der Waals surface area contributed by atoms with Crippen molar-refractivity contribution in [2.75, 3.05) is 44.7 Å². The van der Waals surface area contributed by atoms with Crippen molar-refractivity contribution >= 4 is 35.2 Å². The number of nitrogens with zero attached hydrogens (tertiary/aromatic N) is 1. The summed E-state index contributed by atoms with van der Waals surface area (Å²) < 4.78 is 64.6. The van der Waals surface area contributed by atoms with E-state index in [0.29, 0.717) is 57.6 Å². The Morgan fingerprint density at radius 2 is 1.62 bits per heavy atom. The second-order valence-corrected chi connectivity index (χ2v) is 12.4. The van der Waals surface area contributed by atoms with Crippen molar-refractivity contribution in [1.82, 2.24) is 0 Å². The van der Waals surface area contributed by atoms with E-state index in [-0.39, 0.29) is 24.7 Å². The van der Waals surface area contributed by atoms with Crippen molar-refractivity contribution in [1.29, 1.82) is 0 Å². The highest BCUT2D eigenvalue weighted by Crippen LogP contribution is 2.39. The molecule has 50 heavy (non-hydrogen) atoms. The zero-order valence-electron chi connectivity index (χ0n) is 30.1. The Kier molecular flexibility index (Phi) is 16.2. The second-order valence-electron chi connectivity index (χ2n) is 12.0. The van der Waals surface area contributed by atoms with Crippen LogP contribution in [0.25, 0.3) is 0 Å². The highest BCUT2D eigenvalue weighted by Gasteiger charge is 2.35. The number of benzene rings is 3. The molecule has 3 aromatic rings. The number of rotatable bonds is 12. The molecule has 1 aliphatic heterocycles. The van der Waals surface area contributed by atoms with Crippen LogP contribution in [-0.2, 0) is 20.7 Å². The Balaban J connectivity index is 0.000000979. The maximum absolute atomic E-state index is 14.2. The zero-order chi connectivity index (χ0) is 37.6. The number of carbonyl (C=O) groups excluding carboxylic acids is 2. The van der Waals surface area contributed by atoms with Crippen LogP contribution in [0.15, 0.2) is 54.6 Å². The number of alkyl halides is 3. The molecular formula is C37H48ClF3N2O7. The third-order valence-corrected chi connectivity index (χ3v) is 7.55. The van der Waals surface area contributed by atoms with Gasteiger partial charge in [-0.3, -0.25) is 4.79 Å². The number of nitrogens with one attached hydrogen (secondary N) is 1. The van der Waals surface area contributed by atoms with Crippen LogP contribution in [0.5, 0.6) is 23.0 Å². The Labute approximate surface area is 297 Å². The summed E-state index contributed by atoms with van der Waals surface area (Å²) in [6.07, 6.45) is -3.05. The first-order valence-electron chi connectivity index (χ1n) is 16.2. The van der Waals surface area contributed by atoms with Crippen LogP contribution in [0.4, 0.5) is 24.5 Å². The van der Waals surface area contributed by atoms with Crippen molar-refractivity contribution in [3.8, 4) is 23.0 Å². The zero-order valence-corrected chi connectivity index (χ0v) is 30.8. The van der Waals surface area contributed by atoms with Crippen LogP contribution in [0.3, 0.4) is 0 Å². The van der Waals surface area contributed by atoms with Gasteiger partial charge in [0.2, 0.25) is 0 Å². The predicted octanol–water partition coefficient (Wildman–Crippen LogP) is 9.06. The van der Waals surface area contributed by atoms with E-state index in [1.165, 1.54) is 37.3 Å². The van der Waals surface area contributed by atoms with E-state index < -0.39 is 24.1 Å². The fourth-order valence-corrected chi connectivity index (χ4v) is 4.75. The minimum Gasteiger partial charge on any atom is -0.497 e. The number of hydrogen-bond donors (Lipinski definition) is 1. The molecule has 0 bridgehead atoms. The summed E-state index contributed by atoms with van der Waals surface area (Å²) in [5, 5.41) is 3.63. The Morgan fingerprint density at radius 1 is 0.960 bits per heavy atom. The van der Waals surface area contributed by atoms with Crippen LogP contribution in [0.2, 0.25) is 5.02 Å². The van der Waals surface area contributed by atoms with Gasteiger partial charge in [-0.05, 0) is 57.4 Å². The van der Waals surface area contributed by atoms with E-state index in [1.807, 2.05) is 34.6 Å². The lowest BCUT2D eigenvalue weighted by Gasteiger charge is -2.27. The van der Waals surface area contributed by atoms with Crippen LogP contribution < -0.4 is 29.2 Å². The normalized spacial score (nSPS) is 13.3. The third-order valence-electron chi connectivity index (χ3n) is 7.32. The first kappa shape index (κ1) is 42.0. The summed E-state index contributed by atoms with van der Waals surface area (Å²) in [5.74, 6) is 0.205.